The fourth-order valence-electron chi connectivity index (χ4n) is 5.94. The summed E-state index contributed by atoms with van der Waals surface area (Å²) in [5.74, 6) is 0.447. The molecule has 4 rings (SSSR count). The minimum atomic E-state index is -2.50. The third kappa shape index (κ3) is 3.35. The number of hydrogen-bond acceptors (Lipinski definition) is 0. The lowest BCUT2D eigenvalue weighted by molar-refractivity contribution is 0.851. The minimum Gasteiger partial charge on any atom is -0.0636 e. The molecule has 1 aliphatic rings. The molecule has 0 aliphatic heterocycles. The van der Waals surface area contributed by atoms with Crippen LogP contribution in [0.15, 0.2) is 88.6 Å². The fourth-order valence-corrected chi connectivity index (χ4v) is 12.1. The summed E-state index contributed by atoms with van der Waals surface area (Å²) in [6.45, 7) is 18.6. The molecule has 0 N–H and O–H groups in total. The summed E-state index contributed by atoms with van der Waals surface area (Å²) in [5, 5.41) is 6.20. The molecule has 0 aromatic heterocycles. The Labute approximate surface area is 195 Å². The molecule has 0 saturated carbocycles. The Morgan fingerprint density at radius 1 is 0.625 bits per heavy atom. The lowest BCUT2D eigenvalue weighted by atomic mass is 10.1. The van der Waals surface area contributed by atoms with Crippen molar-refractivity contribution in [3.05, 3.63) is 111 Å². The molecule has 0 bridgehead atoms. The molecular weight excluding hydrogens is 400 g/mol. The number of rotatable bonds is 4. The summed E-state index contributed by atoms with van der Waals surface area (Å²) in [4.78, 5) is 0. The van der Waals surface area contributed by atoms with Crippen molar-refractivity contribution in [2.75, 3.05) is 0 Å². The van der Waals surface area contributed by atoms with Gasteiger partial charge in [0.15, 0.2) is 8.07 Å². The number of aryl methyl sites for hydroxylation is 3. The predicted molar refractivity (Wildman–Crippen MR) is 143 cm³/mol. The van der Waals surface area contributed by atoms with E-state index >= 15 is 0 Å². The molecule has 164 valence electrons. The van der Waals surface area contributed by atoms with Crippen molar-refractivity contribution in [2.24, 2.45) is 5.92 Å². The lowest BCUT2D eigenvalue weighted by Gasteiger charge is -2.40. The standard InChI is InChI=1S/C31H36Si/c1-20-17-21(2)19-29(18-20)32(28-14-10-9-11-15-28,30-16-12-13-22(3)23(30)4)31-26(7)24(5)25(6)27(31)8/h9-19,26H,1-8H3. The summed E-state index contributed by atoms with van der Waals surface area (Å²) in [6, 6.07) is 25.6. The van der Waals surface area contributed by atoms with Gasteiger partial charge in [-0.1, -0.05) is 101 Å². The van der Waals surface area contributed by atoms with E-state index in [0.717, 1.165) is 0 Å². The van der Waals surface area contributed by atoms with Crippen molar-refractivity contribution in [1.82, 2.24) is 0 Å². The molecule has 2 unspecified atom stereocenters. The smallest absolute Gasteiger partial charge is 0.0636 e. The van der Waals surface area contributed by atoms with Gasteiger partial charge in [0.2, 0.25) is 0 Å². The SMILES string of the molecule is CC1=C(C)C(C)C([Si](c2ccccc2)(c2cc(C)cc(C)c2)c2cccc(C)c2C)=C1C. The van der Waals surface area contributed by atoms with Gasteiger partial charge in [0.25, 0.3) is 0 Å². The highest BCUT2D eigenvalue weighted by Crippen LogP contribution is 2.41. The molecule has 0 amide bonds. The van der Waals surface area contributed by atoms with Crippen LogP contribution in [0, 0.1) is 33.6 Å². The lowest BCUT2D eigenvalue weighted by Crippen LogP contribution is -2.70. The number of allylic oxidation sites excluding steroid dienone is 4. The van der Waals surface area contributed by atoms with Crippen LogP contribution < -0.4 is 15.6 Å². The zero-order valence-corrected chi connectivity index (χ0v) is 21.9. The summed E-state index contributed by atoms with van der Waals surface area (Å²) < 4.78 is 0. The van der Waals surface area contributed by atoms with Crippen molar-refractivity contribution >= 4 is 23.6 Å². The molecule has 3 aromatic carbocycles. The Morgan fingerprint density at radius 2 is 1.25 bits per heavy atom. The van der Waals surface area contributed by atoms with Gasteiger partial charge in [-0.3, -0.25) is 0 Å². The van der Waals surface area contributed by atoms with Gasteiger partial charge < -0.3 is 0 Å². The molecule has 0 radical (unpaired) electrons. The van der Waals surface area contributed by atoms with Crippen LogP contribution in [-0.4, -0.2) is 8.07 Å². The summed E-state index contributed by atoms with van der Waals surface area (Å²) in [5.41, 5.74) is 10.0. The molecule has 0 heterocycles. The molecule has 3 aromatic rings. The quantitative estimate of drug-likeness (QED) is 0.336. The van der Waals surface area contributed by atoms with Crippen molar-refractivity contribution in [3.8, 4) is 0 Å². The van der Waals surface area contributed by atoms with Crippen LogP contribution in [-0.2, 0) is 0 Å². The van der Waals surface area contributed by atoms with Gasteiger partial charge in [0, 0.05) is 0 Å². The van der Waals surface area contributed by atoms with E-state index in [1.807, 2.05) is 0 Å². The van der Waals surface area contributed by atoms with E-state index in [4.69, 9.17) is 0 Å². The Hall–Kier alpha value is -2.64. The van der Waals surface area contributed by atoms with Gasteiger partial charge in [-0.2, -0.15) is 0 Å². The average molecular weight is 437 g/mol. The second-order valence-electron chi connectivity index (χ2n) is 9.81. The average Bonchev–Trinajstić information content (AvgIpc) is 2.95. The van der Waals surface area contributed by atoms with Crippen molar-refractivity contribution < 1.29 is 0 Å². The molecule has 1 aliphatic carbocycles. The van der Waals surface area contributed by atoms with Crippen LogP contribution >= 0.6 is 0 Å². The highest BCUT2D eigenvalue weighted by atomic mass is 28.3. The second-order valence-corrected chi connectivity index (χ2v) is 13.5. The van der Waals surface area contributed by atoms with Crippen LogP contribution in [0.3, 0.4) is 0 Å². The van der Waals surface area contributed by atoms with Crippen LogP contribution in [0.4, 0.5) is 0 Å². The molecule has 0 saturated heterocycles. The first-order valence-corrected chi connectivity index (χ1v) is 13.8. The monoisotopic (exact) mass is 436 g/mol. The van der Waals surface area contributed by atoms with Gasteiger partial charge in [0.05, 0.1) is 0 Å². The molecule has 32 heavy (non-hydrogen) atoms. The van der Waals surface area contributed by atoms with E-state index in [1.54, 1.807) is 5.20 Å². The van der Waals surface area contributed by atoms with E-state index in [1.165, 1.54) is 54.5 Å². The topological polar surface area (TPSA) is 0 Å². The third-order valence-corrected chi connectivity index (χ3v) is 13.2. The zero-order chi connectivity index (χ0) is 23.2. The second kappa shape index (κ2) is 8.37. The molecule has 1 heteroatoms. The first-order chi connectivity index (χ1) is 15.2. The van der Waals surface area contributed by atoms with Crippen molar-refractivity contribution in [2.45, 2.75) is 55.4 Å². The summed E-state index contributed by atoms with van der Waals surface area (Å²) in [7, 11) is -2.50. The molecule has 2 atom stereocenters. The maximum atomic E-state index is 2.48. The first-order valence-electron chi connectivity index (χ1n) is 11.8. The van der Waals surface area contributed by atoms with Gasteiger partial charge in [-0.25, -0.2) is 0 Å². The van der Waals surface area contributed by atoms with E-state index < -0.39 is 8.07 Å². The Balaban J connectivity index is 2.26. The fraction of sp³-hybridized carbons (Fsp3) is 0.290. The van der Waals surface area contributed by atoms with Crippen LogP contribution in [0.25, 0.3) is 0 Å². The van der Waals surface area contributed by atoms with Crippen molar-refractivity contribution in [3.63, 3.8) is 0 Å². The normalized spacial score (nSPS) is 18.3. The van der Waals surface area contributed by atoms with E-state index in [-0.39, 0.29) is 0 Å². The Morgan fingerprint density at radius 3 is 1.81 bits per heavy atom. The van der Waals surface area contributed by atoms with Gasteiger partial charge in [0.1, 0.15) is 0 Å². The van der Waals surface area contributed by atoms with E-state index in [2.05, 4.69) is 122 Å². The molecular formula is C31H36Si. The van der Waals surface area contributed by atoms with E-state index in [0.29, 0.717) is 5.92 Å². The number of hydrogen-bond donors (Lipinski definition) is 0. The molecule has 0 nitrogen and oxygen atoms in total. The number of benzene rings is 3. The third-order valence-electron chi connectivity index (χ3n) is 7.91. The Kier molecular flexibility index (Phi) is 5.90. The molecule has 0 fully saturated rings. The minimum absolute atomic E-state index is 0.447. The molecule has 0 spiro atoms. The van der Waals surface area contributed by atoms with Gasteiger partial charge >= 0.3 is 0 Å². The van der Waals surface area contributed by atoms with Gasteiger partial charge in [-0.05, 0) is 86.6 Å². The van der Waals surface area contributed by atoms with Crippen molar-refractivity contribution in [1.29, 1.82) is 0 Å². The van der Waals surface area contributed by atoms with E-state index in [9.17, 15) is 0 Å². The highest BCUT2D eigenvalue weighted by molar-refractivity contribution is 7.16. The Bertz CT molecular complexity index is 1220. The van der Waals surface area contributed by atoms with Gasteiger partial charge in [-0.15, -0.1) is 0 Å². The van der Waals surface area contributed by atoms with Crippen LogP contribution in [0.1, 0.15) is 49.9 Å². The maximum absolute atomic E-state index is 2.50. The zero-order valence-electron chi connectivity index (χ0n) is 20.9. The summed E-state index contributed by atoms with van der Waals surface area (Å²) >= 11 is 0. The summed E-state index contributed by atoms with van der Waals surface area (Å²) in [6.07, 6.45) is 0. The first kappa shape index (κ1) is 22.5. The van der Waals surface area contributed by atoms with Crippen LogP contribution in [0.5, 0.6) is 0 Å². The maximum Gasteiger partial charge on any atom is 0.176 e. The predicted octanol–water partition coefficient (Wildman–Crippen LogP) is 6.23. The largest absolute Gasteiger partial charge is 0.176 e. The van der Waals surface area contributed by atoms with Crippen LogP contribution in [0.2, 0.25) is 0 Å². The highest BCUT2D eigenvalue weighted by Gasteiger charge is 2.48.